The third-order valence-corrected chi connectivity index (χ3v) is 4.17. The second-order valence-electron chi connectivity index (χ2n) is 4.52. The van der Waals surface area contributed by atoms with Crippen molar-refractivity contribution in [2.75, 3.05) is 11.9 Å². The van der Waals surface area contributed by atoms with Crippen LogP contribution in [0.5, 0.6) is 0 Å². The Balaban J connectivity index is 2.42. The number of thiophene rings is 1. The number of nitrogens with one attached hydrogen (secondary N) is 1. The van der Waals surface area contributed by atoms with Crippen molar-refractivity contribution in [1.29, 1.82) is 0 Å². The Morgan fingerprint density at radius 2 is 2.24 bits per heavy atom. The number of anilines is 1. The van der Waals surface area contributed by atoms with Gasteiger partial charge < -0.3 is 10.4 Å². The number of hydrogen-bond donors (Lipinski definition) is 2. The summed E-state index contributed by atoms with van der Waals surface area (Å²) in [6, 6.07) is 0. The van der Waals surface area contributed by atoms with Crippen molar-refractivity contribution in [2.24, 2.45) is 0 Å². The zero-order chi connectivity index (χ0) is 12.5. The van der Waals surface area contributed by atoms with Crippen LogP contribution < -0.4 is 5.32 Å². The van der Waals surface area contributed by atoms with E-state index in [1.165, 1.54) is 0 Å². The van der Waals surface area contributed by atoms with E-state index in [0.29, 0.717) is 0 Å². The molecule has 0 aliphatic rings. The predicted molar refractivity (Wildman–Crippen MR) is 71.6 cm³/mol. The quantitative estimate of drug-likeness (QED) is 0.877. The minimum Gasteiger partial charge on any atom is -0.394 e. The lowest BCUT2D eigenvalue weighted by Gasteiger charge is -2.27. The number of fused-ring (bicyclic) bond motifs is 1. The van der Waals surface area contributed by atoms with Crippen LogP contribution in [-0.4, -0.2) is 27.2 Å². The fraction of sp³-hybridized carbons (Fsp3) is 0.500. The van der Waals surface area contributed by atoms with E-state index in [1.54, 1.807) is 17.7 Å². The minimum absolute atomic E-state index is 0.0827. The van der Waals surface area contributed by atoms with Gasteiger partial charge in [-0.1, -0.05) is 6.92 Å². The lowest BCUT2D eigenvalue weighted by molar-refractivity contribution is 0.218. The Labute approximate surface area is 105 Å². The van der Waals surface area contributed by atoms with Gasteiger partial charge >= 0.3 is 0 Å². The number of rotatable bonds is 4. The molecule has 0 bridgehead atoms. The summed E-state index contributed by atoms with van der Waals surface area (Å²) >= 11 is 1.63. The standard InChI is InChI=1S/C12H17N3OS/c1-4-12(3,6-16)15-11-10-9(13-7-14-11)8(2)5-17-10/h5,7,16H,4,6H2,1-3H3,(H,13,14,15). The fourth-order valence-corrected chi connectivity index (χ4v) is 2.53. The van der Waals surface area contributed by atoms with Crippen molar-refractivity contribution in [2.45, 2.75) is 32.7 Å². The molecular formula is C12H17N3OS. The van der Waals surface area contributed by atoms with Gasteiger partial charge in [-0.15, -0.1) is 11.3 Å². The average molecular weight is 251 g/mol. The highest BCUT2D eigenvalue weighted by atomic mass is 32.1. The maximum atomic E-state index is 9.42. The molecule has 17 heavy (non-hydrogen) atoms. The van der Waals surface area contributed by atoms with Crippen LogP contribution in [0.3, 0.4) is 0 Å². The molecule has 5 heteroatoms. The van der Waals surface area contributed by atoms with E-state index in [-0.39, 0.29) is 12.1 Å². The van der Waals surface area contributed by atoms with Crippen LogP contribution in [0, 0.1) is 6.92 Å². The lowest BCUT2D eigenvalue weighted by Crippen LogP contribution is -2.38. The van der Waals surface area contributed by atoms with Gasteiger partial charge in [-0.2, -0.15) is 0 Å². The molecule has 0 aromatic carbocycles. The summed E-state index contributed by atoms with van der Waals surface area (Å²) in [5.41, 5.74) is 1.82. The summed E-state index contributed by atoms with van der Waals surface area (Å²) in [6.07, 6.45) is 2.40. The molecule has 2 aromatic heterocycles. The molecule has 0 amide bonds. The molecule has 0 aliphatic heterocycles. The molecule has 0 spiro atoms. The smallest absolute Gasteiger partial charge is 0.147 e. The van der Waals surface area contributed by atoms with Crippen molar-refractivity contribution in [3.8, 4) is 0 Å². The number of nitrogens with zero attached hydrogens (tertiary/aromatic N) is 2. The Morgan fingerprint density at radius 1 is 1.47 bits per heavy atom. The summed E-state index contributed by atoms with van der Waals surface area (Å²) in [5, 5.41) is 14.8. The van der Waals surface area contributed by atoms with Gasteiger partial charge in [0.1, 0.15) is 12.1 Å². The predicted octanol–water partition coefficient (Wildman–Crippen LogP) is 2.57. The van der Waals surface area contributed by atoms with Crippen LogP contribution in [0.1, 0.15) is 25.8 Å². The zero-order valence-corrected chi connectivity index (χ0v) is 11.1. The van der Waals surface area contributed by atoms with Gasteiger partial charge in [0, 0.05) is 0 Å². The second-order valence-corrected chi connectivity index (χ2v) is 5.40. The first kappa shape index (κ1) is 12.3. The Morgan fingerprint density at radius 3 is 2.88 bits per heavy atom. The lowest BCUT2D eigenvalue weighted by atomic mass is 10.0. The first-order chi connectivity index (χ1) is 8.09. The van der Waals surface area contributed by atoms with Crippen molar-refractivity contribution in [1.82, 2.24) is 9.97 Å². The van der Waals surface area contributed by atoms with Gasteiger partial charge in [-0.25, -0.2) is 9.97 Å². The van der Waals surface area contributed by atoms with Crippen LogP contribution in [0.2, 0.25) is 0 Å². The third-order valence-electron chi connectivity index (χ3n) is 3.08. The molecule has 1 unspecified atom stereocenters. The van der Waals surface area contributed by atoms with Crippen LogP contribution in [0.15, 0.2) is 11.7 Å². The van der Waals surface area contributed by atoms with Crippen molar-refractivity contribution in [3.05, 3.63) is 17.3 Å². The molecule has 4 nitrogen and oxygen atoms in total. The fourth-order valence-electron chi connectivity index (χ4n) is 1.58. The summed E-state index contributed by atoms with van der Waals surface area (Å²) < 4.78 is 1.05. The van der Waals surface area contributed by atoms with E-state index < -0.39 is 0 Å². The Kier molecular flexibility index (Phi) is 3.31. The normalized spacial score (nSPS) is 14.8. The van der Waals surface area contributed by atoms with E-state index in [0.717, 1.165) is 28.0 Å². The molecule has 0 saturated heterocycles. The topological polar surface area (TPSA) is 58.0 Å². The molecule has 0 radical (unpaired) electrons. The number of aryl methyl sites for hydroxylation is 1. The molecule has 2 aromatic rings. The molecule has 2 N–H and O–H groups in total. The number of hydrogen-bond acceptors (Lipinski definition) is 5. The van der Waals surface area contributed by atoms with Gasteiger partial charge in [-0.05, 0) is 31.2 Å². The van der Waals surface area contributed by atoms with Crippen molar-refractivity contribution in [3.63, 3.8) is 0 Å². The summed E-state index contributed by atoms with van der Waals surface area (Å²) in [5.74, 6) is 0.812. The van der Waals surface area contributed by atoms with Gasteiger partial charge in [-0.3, -0.25) is 0 Å². The van der Waals surface area contributed by atoms with Crippen LogP contribution in [0.4, 0.5) is 5.82 Å². The van der Waals surface area contributed by atoms with Crippen LogP contribution in [-0.2, 0) is 0 Å². The van der Waals surface area contributed by atoms with Gasteiger partial charge in [0.05, 0.1) is 22.4 Å². The maximum absolute atomic E-state index is 9.42. The van der Waals surface area contributed by atoms with Crippen LogP contribution >= 0.6 is 11.3 Å². The highest BCUT2D eigenvalue weighted by molar-refractivity contribution is 7.18. The van der Waals surface area contributed by atoms with Crippen molar-refractivity contribution >= 4 is 27.4 Å². The number of aromatic nitrogens is 2. The van der Waals surface area contributed by atoms with Gasteiger partial charge in [0.25, 0.3) is 0 Å². The molecular weight excluding hydrogens is 234 g/mol. The molecule has 0 fully saturated rings. The average Bonchev–Trinajstić information content (AvgIpc) is 2.72. The highest BCUT2D eigenvalue weighted by Gasteiger charge is 2.22. The van der Waals surface area contributed by atoms with Gasteiger partial charge in [0.15, 0.2) is 0 Å². The SMILES string of the molecule is CCC(C)(CO)Nc1ncnc2c(C)csc12. The van der Waals surface area contributed by atoms with E-state index in [1.807, 2.05) is 20.8 Å². The van der Waals surface area contributed by atoms with Crippen LogP contribution in [0.25, 0.3) is 10.2 Å². The maximum Gasteiger partial charge on any atom is 0.147 e. The zero-order valence-electron chi connectivity index (χ0n) is 10.3. The third kappa shape index (κ3) is 2.25. The minimum atomic E-state index is -0.334. The first-order valence-electron chi connectivity index (χ1n) is 5.67. The molecule has 2 rings (SSSR count). The molecule has 92 valence electrons. The highest BCUT2D eigenvalue weighted by Crippen LogP contribution is 2.30. The number of aliphatic hydroxyl groups is 1. The van der Waals surface area contributed by atoms with Crippen molar-refractivity contribution < 1.29 is 5.11 Å². The summed E-state index contributed by atoms with van der Waals surface area (Å²) in [7, 11) is 0. The molecule has 2 heterocycles. The molecule has 0 aliphatic carbocycles. The van der Waals surface area contributed by atoms with E-state index in [2.05, 4.69) is 20.7 Å². The summed E-state index contributed by atoms with van der Waals surface area (Å²) in [6.45, 7) is 6.16. The summed E-state index contributed by atoms with van der Waals surface area (Å²) in [4.78, 5) is 8.56. The molecule has 0 saturated carbocycles. The van der Waals surface area contributed by atoms with Gasteiger partial charge in [0.2, 0.25) is 0 Å². The largest absolute Gasteiger partial charge is 0.394 e. The first-order valence-corrected chi connectivity index (χ1v) is 6.55. The Bertz CT molecular complexity index is 519. The Hall–Kier alpha value is -1.20. The number of aliphatic hydroxyl groups excluding tert-OH is 1. The second kappa shape index (κ2) is 4.58. The van der Waals surface area contributed by atoms with E-state index in [4.69, 9.17) is 0 Å². The van der Waals surface area contributed by atoms with E-state index in [9.17, 15) is 5.11 Å². The molecule has 1 atom stereocenters. The monoisotopic (exact) mass is 251 g/mol. The van der Waals surface area contributed by atoms with E-state index >= 15 is 0 Å².